The summed E-state index contributed by atoms with van der Waals surface area (Å²) in [6.45, 7) is 19.5. The maximum atomic E-state index is 12.7. The standard InChI is InChI=1S/C25H34N2O4.C6H10.C2H4.CH4O/c1-17(2)15-20-11-13-22(14-12-20)18(3)24(28)31-19(4)23(27(5)26)25(29)30-16-21-9-7-6-8-10-21;1-3-5-6-4-2;2*1-2/h6-14,17-19,23H,15-16,26H2,1-5H3;3,5-6H,1,4H2,2H3;1-2H2;2H,1H3/b;6-5-;;/t18-,19+,23?;;;/m0.../s1. The summed E-state index contributed by atoms with van der Waals surface area (Å²) < 4.78 is 11.0. The van der Waals surface area contributed by atoms with Gasteiger partial charge in [0.05, 0.1) is 5.92 Å². The third-order valence-corrected chi connectivity index (χ3v) is 5.64. The largest absolute Gasteiger partial charge is 0.460 e. The summed E-state index contributed by atoms with van der Waals surface area (Å²) >= 11 is 0. The van der Waals surface area contributed by atoms with Gasteiger partial charge in [0.15, 0.2) is 6.04 Å². The van der Waals surface area contributed by atoms with E-state index in [9.17, 15) is 9.59 Å². The molecular formula is C34H52N2O5. The number of nitrogens with zero attached hydrogens (tertiary/aromatic N) is 1. The maximum absolute atomic E-state index is 12.7. The number of aliphatic hydroxyl groups excluding tert-OH is 1. The first-order valence-electron chi connectivity index (χ1n) is 13.8. The molecule has 0 amide bonds. The van der Waals surface area contributed by atoms with Crippen molar-refractivity contribution >= 4 is 11.9 Å². The molecule has 0 aromatic heterocycles. The molecule has 0 aliphatic carbocycles. The Labute approximate surface area is 248 Å². The van der Waals surface area contributed by atoms with Crippen LogP contribution in [0.25, 0.3) is 0 Å². The van der Waals surface area contributed by atoms with Crippen LogP contribution in [0.4, 0.5) is 0 Å². The monoisotopic (exact) mass is 568 g/mol. The molecule has 41 heavy (non-hydrogen) atoms. The molecular weight excluding hydrogens is 516 g/mol. The van der Waals surface area contributed by atoms with Crippen molar-refractivity contribution < 1.29 is 24.2 Å². The van der Waals surface area contributed by atoms with Crippen LogP contribution in [0.2, 0.25) is 0 Å². The lowest BCUT2D eigenvalue weighted by Crippen LogP contribution is -2.51. The summed E-state index contributed by atoms with van der Waals surface area (Å²) in [5.74, 6) is 5.03. The minimum absolute atomic E-state index is 0.129. The van der Waals surface area contributed by atoms with Crippen molar-refractivity contribution in [2.45, 2.75) is 72.1 Å². The van der Waals surface area contributed by atoms with E-state index in [1.807, 2.05) is 60.7 Å². The second-order valence-corrected chi connectivity index (χ2v) is 9.48. The molecule has 0 spiro atoms. The van der Waals surface area contributed by atoms with Crippen LogP contribution in [0.15, 0.2) is 92.6 Å². The van der Waals surface area contributed by atoms with Crippen molar-refractivity contribution in [3.05, 3.63) is 109 Å². The van der Waals surface area contributed by atoms with Crippen LogP contribution in [0.3, 0.4) is 0 Å². The quantitative estimate of drug-likeness (QED) is 0.101. The molecule has 1 unspecified atom stereocenters. The number of benzene rings is 2. The van der Waals surface area contributed by atoms with E-state index >= 15 is 0 Å². The van der Waals surface area contributed by atoms with Crippen molar-refractivity contribution in [2.75, 3.05) is 14.2 Å². The molecule has 0 aliphatic heterocycles. The van der Waals surface area contributed by atoms with Gasteiger partial charge in [0, 0.05) is 14.2 Å². The first kappa shape index (κ1) is 39.6. The number of carbonyl (C=O) groups is 2. The number of likely N-dealkylation sites (N-methyl/N-ethyl adjacent to an activating group) is 1. The number of carbonyl (C=O) groups excluding carboxylic acids is 2. The topological polar surface area (TPSA) is 102 Å². The lowest BCUT2D eigenvalue weighted by molar-refractivity contribution is -0.164. The third-order valence-electron chi connectivity index (χ3n) is 5.64. The molecule has 7 nitrogen and oxygen atoms in total. The van der Waals surface area contributed by atoms with Crippen LogP contribution >= 0.6 is 0 Å². The third kappa shape index (κ3) is 17.0. The zero-order chi connectivity index (χ0) is 31.8. The summed E-state index contributed by atoms with van der Waals surface area (Å²) in [5, 5.41) is 8.22. The predicted octanol–water partition coefficient (Wildman–Crippen LogP) is 6.39. The molecule has 0 saturated carbocycles. The maximum Gasteiger partial charge on any atom is 0.328 e. The van der Waals surface area contributed by atoms with Crippen LogP contribution < -0.4 is 5.84 Å². The molecule has 3 N–H and O–H groups in total. The molecule has 0 saturated heterocycles. The Kier molecular flexibility index (Phi) is 23.5. The normalized spacial score (nSPS) is 12.4. The Morgan fingerprint density at radius 3 is 1.95 bits per heavy atom. The highest BCUT2D eigenvalue weighted by molar-refractivity contribution is 5.80. The number of hydrogen-bond donors (Lipinski definition) is 2. The van der Waals surface area contributed by atoms with Crippen molar-refractivity contribution in [1.29, 1.82) is 0 Å². The number of hydrazine groups is 1. The second-order valence-electron chi connectivity index (χ2n) is 9.48. The Hall–Kier alpha value is -3.52. The Bertz CT molecular complexity index is 988. The van der Waals surface area contributed by atoms with Crippen LogP contribution in [-0.4, -0.2) is 48.4 Å². The fraction of sp³-hybridized carbons (Fsp3) is 0.412. The minimum atomic E-state index is -0.909. The van der Waals surface area contributed by atoms with E-state index in [0.29, 0.717) is 5.92 Å². The number of esters is 2. The van der Waals surface area contributed by atoms with Crippen LogP contribution in [0.5, 0.6) is 0 Å². The summed E-state index contributed by atoms with van der Waals surface area (Å²) in [4.78, 5) is 25.3. The molecule has 2 aromatic carbocycles. The van der Waals surface area contributed by atoms with Crippen molar-refractivity contribution in [1.82, 2.24) is 5.01 Å². The van der Waals surface area contributed by atoms with Gasteiger partial charge in [0.2, 0.25) is 0 Å². The van der Waals surface area contributed by atoms with Gasteiger partial charge in [-0.25, -0.2) is 5.01 Å². The average molecular weight is 569 g/mol. The van der Waals surface area contributed by atoms with E-state index in [-0.39, 0.29) is 6.61 Å². The second kappa shape index (κ2) is 24.3. The first-order chi connectivity index (χ1) is 19.6. The highest BCUT2D eigenvalue weighted by Crippen LogP contribution is 2.21. The van der Waals surface area contributed by atoms with Gasteiger partial charge in [-0.15, -0.1) is 13.2 Å². The van der Waals surface area contributed by atoms with E-state index in [1.165, 1.54) is 10.6 Å². The van der Waals surface area contributed by atoms with Crippen molar-refractivity contribution in [3.63, 3.8) is 0 Å². The summed E-state index contributed by atoms with van der Waals surface area (Å²) in [6.07, 6.45) is 7.11. The molecule has 0 fully saturated rings. The van der Waals surface area contributed by atoms with Gasteiger partial charge in [-0.3, -0.25) is 15.4 Å². The molecule has 0 heterocycles. The number of allylic oxidation sites excluding steroid dienone is 3. The van der Waals surface area contributed by atoms with E-state index in [0.717, 1.165) is 31.1 Å². The Balaban J connectivity index is 0. The highest BCUT2D eigenvalue weighted by atomic mass is 16.6. The zero-order valence-electron chi connectivity index (χ0n) is 26.1. The lowest BCUT2D eigenvalue weighted by atomic mass is 9.97. The van der Waals surface area contributed by atoms with Crippen molar-refractivity contribution in [2.24, 2.45) is 11.8 Å². The number of ether oxygens (including phenoxy) is 2. The van der Waals surface area contributed by atoms with Crippen LogP contribution in [-0.2, 0) is 32.1 Å². The number of hydrogen-bond acceptors (Lipinski definition) is 7. The fourth-order valence-electron chi connectivity index (χ4n) is 3.64. The predicted molar refractivity (Wildman–Crippen MR) is 170 cm³/mol. The van der Waals surface area contributed by atoms with Crippen LogP contribution in [0, 0.1) is 5.92 Å². The molecule has 0 bridgehead atoms. The van der Waals surface area contributed by atoms with E-state index in [1.54, 1.807) is 27.0 Å². The van der Waals surface area contributed by atoms with Gasteiger partial charge in [0.25, 0.3) is 0 Å². The molecule has 3 atom stereocenters. The average Bonchev–Trinajstić information content (AvgIpc) is 2.97. The molecule has 0 radical (unpaired) electrons. The first-order valence-corrected chi connectivity index (χ1v) is 13.8. The van der Waals surface area contributed by atoms with E-state index in [4.69, 9.17) is 20.4 Å². The molecule has 228 valence electrons. The summed E-state index contributed by atoms with van der Waals surface area (Å²) in [7, 11) is 2.55. The highest BCUT2D eigenvalue weighted by Gasteiger charge is 2.33. The number of aliphatic hydroxyl groups is 1. The Morgan fingerprint density at radius 1 is 0.951 bits per heavy atom. The van der Waals surface area contributed by atoms with E-state index in [2.05, 4.69) is 46.6 Å². The molecule has 0 aliphatic rings. The summed E-state index contributed by atoms with van der Waals surface area (Å²) in [6, 6.07) is 16.5. The number of rotatable bonds is 12. The zero-order valence-corrected chi connectivity index (χ0v) is 26.1. The van der Waals surface area contributed by atoms with Gasteiger partial charge in [-0.05, 0) is 49.3 Å². The smallest absolute Gasteiger partial charge is 0.328 e. The van der Waals surface area contributed by atoms with Gasteiger partial charge < -0.3 is 14.6 Å². The minimum Gasteiger partial charge on any atom is -0.460 e. The fourth-order valence-corrected chi connectivity index (χ4v) is 3.64. The Morgan fingerprint density at radius 2 is 1.51 bits per heavy atom. The molecule has 2 rings (SSSR count). The summed E-state index contributed by atoms with van der Waals surface area (Å²) in [5.41, 5.74) is 2.97. The SMILES string of the molecule is C=C.C=C/C=C\CC.CC(C)Cc1ccc([C@H](C)C(=O)O[C@H](C)C(C(=O)OCc2ccccc2)N(C)N)cc1.CO. The van der Waals surface area contributed by atoms with Crippen molar-refractivity contribution in [3.8, 4) is 0 Å². The molecule has 7 heteroatoms. The van der Waals surface area contributed by atoms with E-state index < -0.39 is 30.0 Å². The van der Waals surface area contributed by atoms with Gasteiger partial charge in [0.1, 0.15) is 12.7 Å². The number of nitrogens with two attached hydrogens (primary N) is 1. The van der Waals surface area contributed by atoms with Gasteiger partial charge in [-0.1, -0.05) is 100 Å². The van der Waals surface area contributed by atoms with Gasteiger partial charge in [-0.2, -0.15) is 0 Å². The van der Waals surface area contributed by atoms with Crippen LogP contribution in [0.1, 0.15) is 63.6 Å². The van der Waals surface area contributed by atoms with Gasteiger partial charge >= 0.3 is 11.9 Å². The lowest BCUT2D eigenvalue weighted by Gasteiger charge is -2.28. The molecule has 2 aromatic rings.